The van der Waals surface area contributed by atoms with Gasteiger partial charge < -0.3 is 20.0 Å². The molecule has 1 N–H and O–H groups in total. The molecule has 0 saturated carbocycles. The Kier molecular flexibility index (Phi) is 7.66. The number of hydrogen-bond acceptors (Lipinski definition) is 5. The Morgan fingerprint density at radius 3 is 2.09 bits per heavy atom. The second-order valence-corrected chi connectivity index (χ2v) is 8.92. The highest BCUT2D eigenvalue weighted by Gasteiger charge is 2.25. The number of nitrogens with one attached hydrogen (secondary N) is 1. The van der Waals surface area contributed by atoms with Crippen LogP contribution in [0.25, 0.3) is 0 Å². The van der Waals surface area contributed by atoms with Gasteiger partial charge in [-0.2, -0.15) is 0 Å². The van der Waals surface area contributed by atoms with Gasteiger partial charge in [0.2, 0.25) is 5.91 Å². The lowest BCUT2D eigenvalue weighted by Crippen LogP contribution is -2.51. The summed E-state index contributed by atoms with van der Waals surface area (Å²) in [5, 5.41) is 3.40. The number of nitrogens with zero attached hydrogens (tertiary/aromatic N) is 4. The third-order valence-corrected chi connectivity index (χ3v) is 6.74. The fraction of sp³-hybridized carbons (Fsp3) is 0.500. The molecule has 6 nitrogen and oxygen atoms in total. The predicted molar refractivity (Wildman–Crippen MR) is 132 cm³/mol. The van der Waals surface area contributed by atoms with Crippen LogP contribution in [0.3, 0.4) is 0 Å². The van der Waals surface area contributed by atoms with E-state index in [0.717, 1.165) is 71.1 Å². The summed E-state index contributed by atoms with van der Waals surface area (Å²) in [6.07, 6.45) is 0. The van der Waals surface area contributed by atoms with Crippen LogP contribution in [-0.4, -0.2) is 85.6 Å². The van der Waals surface area contributed by atoms with Gasteiger partial charge in [-0.15, -0.1) is 0 Å². The van der Waals surface area contributed by atoms with Crippen molar-refractivity contribution in [1.29, 1.82) is 0 Å². The molecule has 2 aromatic carbocycles. The molecule has 0 spiro atoms. The van der Waals surface area contributed by atoms with Gasteiger partial charge in [-0.1, -0.05) is 37.3 Å². The van der Waals surface area contributed by atoms with Gasteiger partial charge in [0.15, 0.2) is 0 Å². The smallest absolute Gasteiger partial charge is 0.244 e. The molecule has 0 radical (unpaired) electrons. The minimum absolute atomic E-state index is 0.184. The quantitative estimate of drug-likeness (QED) is 0.724. The molecule has 1 amide bonds. The molecule has 2 saturated heterocycles. The first-order valence-corrected chi connectivity index (χ1v) is 12.0. The Morgan fingerprint density at radius 1 is 0.844 bits per heavy atom. The van der Waals surface area contributed by atoms with Crippen LogP contribution >= 0.6 is 0 Å². The maximum atomic E-state index is 13.0. The molecule has 2 aliphatic heterocycles. The molecule has 2 heterocycles. The monoisotopic (exact) mass is 435 g/mol. The first-order chi connectivity index (χ1) is 15.6. The minimum Gasteiger partial charge on any atom is -0.374 e. The predicted octanol–water partition coefficient (Wildman–Crippen LogP) is 2.97. The second kappa shape index (κ2) is 10.8. The van der Waals surface area contributed by atoms with Crippen molar-refractivity contribution in [2.45, 2.75) is 26.4 Å². The highest BCUT2D eigenvalue weighted by molar-refractivity contribution is 5.84. The van der Waals surface area contributed by atoms with Gasteiger partial charge in [-0.3, -0.25) is 9.69 Å². The molecule has 0 unspecified atom stereocenters. The number of piperazine rings is 2. The molecule has 2 aliphatic rings. The van der Waals surface area contributed by atoms with Gasteiger partial charge in [0.25, 0.3) is 0 Å². The van der Waals surface area contributed by atoms with E-state index in [2.05, 4.69) is 81.5 Å². The van der Waals surface area contributed by atoms with Gasteiger partial charge in [0.05, 0.1) is 0 Å². The van der Waals surface area contributed by atoms with E-state index in [1.54, 1.807) is 0 Å². The number of likely N-dealkylation sites (N-methyl/N-ethyl adjacent to an activating group) is 1. The third-order valence-electron chi connectivity index (χ3n) is 6.74. The van der Waals surface area contributed by atoms with Crippen LogP contribution in [0.4, 0.5) is 11.4 Å². The number of anilines is 2. The summed E-state index contributed by atoms with van der Waals surface area (Å²) in [5.74, 6) is 0.184. The van der Waals surface area contributed by atoms with E-state index in [4.69, 9.17) is 0 Å². The first kappa shape index (κ1) is 22.6. The Balaban J connectivity index is 1.23. The summed E-state index contributed by atoms with van der Waals surface area (Å²) in [6.45, 7) is 14.1. The minimum atomic E-state index is -0.227. The lowest BCUT2D eigenvalue weighted by atomic mass is 10.2. The number of carbonyl (C=O) groups excluding carboxylic acids is 1. The fourth-order valence-corrected chi connectivity index (χ4v) is 4.64. The average Bonchev–Trinajstić information content (AvgIpc) is 2.85. The van der Waals surface area contributed by atoms with Crippen molar-refractivity contribution in [3.8, 4) is 0 Å². The van der Waals surface area contributed by atoms with E-state index in [1.165, 1.54) is 11.3 Å². The van der Waals surface area contributed by atoms with E-state index in [9.17, 15) is 4.79 Å². The molecule has 0 aliphatic carbocycles. The van der Waals surface area contributed by atoms with E-state index in [1.807, 2.05) is 11.8 Å². The van der Waals surface area contributed by atoms with Gasteiger partial charge in [0, 0.05) is 70.3 Å². The first-order valence-electron chi connectivity index (χ1n) is 12.0. The van der Waals surface area contributed by atoms with Crippen LogP contribution in [0.1, 0.15) is 19.4 Å². The zero-order chi connectivity index (χ0) is 22.3. The van der Waals surface area contributed by atoms with Gasteiger partial charge >= 0.3 is 0 Å². The van der Waals surface area contributed by atoms with E-state index < -0.39 is 0 Å². The molecule has 1 atom stereocenters. The van der Waals surface area contributed by atoms with E-state index in [-0.39, 0.29) is 11.9 Å². The van der Waals surface area contributed by atoms with Crippen molar-refractivity contribution in [2.75, 3.05) is 69.1 Å². The highest BCUT2D eigenvalue weighted by Crippen LogP contribution is 2.20. The summed E-state index contributed by atoms with van der Waals surface area (Å²) in [6, 6.07) is 18.9. The number of amides is 1. The number of carbonyl (C=O) groups is 1. The maximum absolute atomic E-state index is 13.0. The summed E-state index contributed by atoms with van der Waals surface area (Å²) < 4.78 is 0. The molecule has 32 heavy (non-hydrogen) atoms. The largest absolute Gasteiger partial charge is 0.374 e. The average molecular weight is 436 g/mol. The maximum Gasteiger partial charge on any atom is 0.244 e. The van der Waals surface area contributed by atoms with Crippen LogP contribution in [0.15, 0.2) is 54.6 Å². The summed E-state index contributed by atoms with van der Waals surface area (Å²) in [5.41, 5.74) is 3.60. The van der Waals surface area contributed by atoms with Crippen LogP contribution in [0.5, 0.6) is 0 Å². The van der Waals surface area contributed by atoms with Crippen LogP contribution in [0, 0.1) is 0 Å². The lowest BCUT2D eigenvalue weighted by molar-refractivity contribution is -0.133. The van der Waals surface area contributed by atoms with Gasteiger partial charge in [-0.05, 0) is 43.3 Å². The van der Waals surface area contributed by atoms with Crippen molar-refractivity contribution in [3.05, 3.63) is 60.2 Å². The molecule has 2 aromatic rings. The number of benzene rings is 2. The Labute approximate surface area is 192 Å². The topological polar surface area (TPSA) is 42.1 Å². The van der Waals surface area contributed by atoms with Crippen molar-refractivity contribution in [2.24, 2.45) is 0 Å². The normalized spacial score (nSPS) is 19.1. The molecular weight excluding hydrogens is 398 g/mol. The zero-order valence-corrected chi connectivity index (χ0v) is 19.5. The molecule has 4 rings (SSSR count). The molecule has 0 bridgehead atoms. The van der Waals surface area contributed by atoms with Crippen molar-refractivity contribution < 1.29 is 4.79 Å². The Bertz CT molecular complexity index is 840. The van der Waals surface area contributed by atoms with E-state index >= 15 is 0 Å². The molecule has 2 fully saturated rings. The molecule has 172 valence electrons. The summed E-state index contributed by atoms with van der Waals surface area (Å²) in [7, 11) is 0. The van der Waals surface area contributed by atoms with E-state index in [0.29, 0.717) is 0 Å². The number of rotatable bonds is 7. The van der Waals surface area contributed by atoms with Crippen molar-refractivity contribution in [3.63, 3.8) is 0 Å². The van der Waals surface area contributed by atoms with Gasteiger partial charge in [-0.25, -0.2) is 0 Å². The molecule has 0 aromatic heterocycles. The molecule has 6 heteroatoms. The van der Waals surface area contributed by atoms with Gasteiger partial charge in [0.1, 0.15) is 6.04 Å². The number of hydrogen-bond donors (Lipinski definition) is 1. The van der Waals surface area contributed by atoms with Crippen LogP contribution in [-0.2, 0) is 11.3 Å². The highest BCUT2D eigenvalue weighted by atomic mass is 16.2. The van der Waals surface area contributed by atoms with Crippen molar-refractivity contribution >= 4 is 17.3 Å². The SMILES string of the molecule is CCN1CCN(c2ccc(N[C@@H](C)C(=O)N3CCN(Cc4ccccc4)CC3)cc2)CC1. The Hall–Kier alpha value is -2.57. The van der Waals surface area contributed by atoms with Crippen LogP contribution in [0.2, 0.25) is 0 Å². The summed E-state index contributed by atoms with van der Waals surface area (Å²) in [4.78, 5) is 22.3. The summed E-state index contributed by atoms with van der Waals surface area (Å²) >= 11 is 0. The van der Waals surface area contributed by atoms with Crippen LogP contribution < -0.4 is 10.2 Å². The molecular formula is C26H37N5O. The fourth-order valence-electron chi connectivity index (χ4n) is 4.64. The third kappa shape index (κ3) is 5.81. The zero-order valence-electron chi connectivity index (χ0n) is 19.5. The standard InChI is InChI=1S/C26H37N5O/c1-3-28-13-17-30(18-14-28)25-11-9-24(10-12-25)27-22(2)26(32)31-19-15-29(16-20-31)21-23-7-5-4-6-8-23/h4-12,22,27H,3,13-21H2,1-2H3/t22-/m0/s1. The Morgan fingerprint density at radius 2 is 1.47 bits per heavy atom. The van der Waals surface area contributed by atoms with Crippen molar-refractivity contribution in [1.82, 2.24) is 14.7 Å². The second-order valence-electron chi connectivity index (χ2n) is 8.92. The lowest BCUT2D eigenvalue weighted by Gasteiger charge is -2.36.